The molecule has 0 amide bonds. The predicted octanol–water partition coefficient (Wildman–Crippen LogP) is 2.07. The molecule has 0 radical (unpaired) electrons. The van der Waals surface area contributed by atoms with Crippen LogP contribution in [0.5, 0.6) is 5.75 Å². The molecule has 0 saturated carbocycles. The van der Waals surface area contributed by atoms with E-state index in [0.29, 0.717) is 5.52 Å². The summed E-state index contributed by atoms with van der Waals surface area (Å²) in [6, 6.07) is 4.94. The van der Waals surface area contributed by atoms with E-state index in [2.05, 4.69) is 4.98 Å². The summed E-state index contributed by atoms with van der Waals surface area (Å²) in [5.41, 5.74) is 0.156. The van der Waals surface area contributed by atoms with Gasteiger partial charge in [-0.25, -0.2) is 4.79 Å². The van der Waals surface area contributed by atoms with Crippen molar-refractivity contribution in [1.82, 2.24) is 4.98 Å². The number of benzene rings is 1. The molecule has 5 heteroatoms. The molecule has 0 bridgehead atoms. The van der Waals surface area contributed by atoms with E-state index in [9.17, 15) is 9.59 Å². The summed E-state index contributed by atoms with van der Waals surface area (Å²) in [4.78, 5) is 25.3. The van der Waals surface area contributed by atoms with Gasteiger partial charge in [-0.1, -0.05) is 6.07 Å². The highest BCUT2D eigenvalue weighted by atomic mass is 16.5. The number of esters is 1. The van der Waals surface area contributed by atoms with Gasteiger partial charge in [-0.3, -0.25) is 9.78 Å². The summed E-state index contributed by atoms with van der Waals surface area (Å²) in [5.74, 6) is -0.700. The highest BCUT2D eigenvalue weighted by Gasteiger charge is 2.25. The van der Waals surface area contributed by atoms with Gasteiger partial charge in [0.25, 0.3) is 0 Å². The number of hydrogen-bond acceptors (Lipinski definition) is 4. The Balaban J connectivity index is 2.43. The molecule has 17 heavy (non-hydrogen) atoms. The van der Waals surface area contributed by atoms with Crippen molar-refractivity contribution in [3.05, 3.63) is 28.7 Å². The summed E-state index contributed by atoms with van der Waals surface area (Å²) >= 11 is 0. The van der Waals surface area contributed by atoms with Crippen LogP contribution in [0.1, 0.15) is 20.8 Å². The molecular formula is C12H13NO4. The Morgan fingerprint density at radius 1 is 1.35 bits per heavy atom. The molecule has 0 aliphatic carbocycles. The monoisotopic (exact) mass is 235 g/mol. The van der Waals surface area contributed by atoms with Crippen molar-refractivity contribution in [3.63, 3.8) is 0 Å². The summed E-state index contributed by atoms with van der Waals surface area (Å²) < 4.78 is 10.1. The third-order valence-electron chi connectivity index (χ3n) is 2.23. The minimum atomic E-state index is -0.612. The van der Waals surface area contributed by atoms with Gasteiger partial charge in [0.05, 0.1) is 10.9 Å². The molecule has 0 spiro atoms. The fraction of sp³-hybridized carbons (Fsp3) is 0.333. The molecule has 1 aromatic heterocycles. The van der Waals surface area contributed by atoms with Crippen molar-refractivity contribution >= 4 is 17.1 Å². The van der Waals surface area contributed by atoms with Crippen LogP contribution in [0.15, 0.2) is 27.4 Å². The molecule has 90 valence electrons. The van der Waals surface area contributed by atoms with Gasteiger partial charge in [-0.15, -0.1) is 0 Å². The average molecular weight is 235 g/mol. The lowest BCUT2D eigenvalue weighted by Crippen LogP contribution is -2.25. The highest BCUT2D eigenvalue weighted by molar-refractivity contribution is 5.84. The predicted molar refractivity (Wildman–Crippen MR) is 61.9 cm³/mol. The Bertz CT molecular complexity index is 615. The van der Waals surface area contributed by atoms with Crippen molar-refractivity contribution in [2.75, 3.05) is 0 Å². The van der Waals surface area contributed by atoms with Crippen LogP contribution < -0.4 is 10.5 Å². The highest BCUT2D eigenvalue weighted by Crippen LogP contribution is 2.26. The second kappa shape index (κ2) is 3.76. The van der Waals surface area contributed by atoms with E-state index in [4.69, 9.17) is 9.15 Å². The Morgan fingerprint density at radius 2 is 2.06 bits per heavy atom. The number of oxazole rings is 1. The van der Waals surface area contributed by atoms with E-state index < -0.39 is 11.2 Å². The first-order valence-electron chi connectivity index (χ1n) is 5.22. The maximum Gasteiger partial charge on any atom is 0.417 e. The second-order valence-electron chi connectivity index (χ2n) is 4.79. The van der Waals surface area contributed by atoms with Crippen molar-refractivity contribution in [1.29, 1.82) is 0 Å². The van der Waals surface area contributed by atoms with E-state index >= 15 is 0 Å². The topological polar surface area (TPSA) is 72.3 Å². The molecular weight excluding hydrogens is 222 g/mol. The number of carbonyl (C=O) groups is 1. The average Bonchev–Trinajstić information content (AvgIpc) is 2.58. The Labute approximate surface area is 97.4 Å². The van der Waals surface area contributed by atoms with Crippen LogP contribution in [0.4, 0.5) is 0 Å². The van der Waals surface area contributed by atoms with E-state index in [-0.39, 0.29) is 17.3 Å². The third-order valence-corrected chi connectivity index (χ3v) is 2.23. The number of carbonyl (C=O) groups excluding carboxylic acids is 1. The maximum absolute atomic E-state index is 11.7. The summed E-state index contributed by atoms with van der Waals surface area (Å²) in [6.07, 6.45) is 0. The van der Waals surface area contributed by atoms with E-state index in [1.54, 1.807) is 39.0 Å². The summed E-state index contributed by atoms with van der Waals surface area (Å²) in [5, 5.41) is 0. The molecule has 1 aromatic carbocycles. The van der Waals surface area contributed by atoms with Gasteiger partial charge in [-0.2, -0.15) is 0 Å². The van der Waals surface area contributed by atoms with Crippen molar-refractivity contribution in [3.8, 4) is 5.75 Å². The molecule has 2 aromatic rings. The van der Waals surface area contributed by atoms with Gasteiger partial charge in [-0.05, 0) is 32.9 Å². The lowest BCUT2D eigenvalue weighted by Gasteiger charge is -2.15. The van der Waals surface area contributed by atoms with Crippen LogP contribution in [0.25, 0.3) is 11.1 Å². The molecule has 0 unspecified atom stereocenters. The summed E-state index contributed by atoms with van der Waals surface area (Å²) in [7, 11) is 0. The van der Waals surface area contributed by atoms with E-state index in [0.717, 1.165) is 0 Å². The van der Waals surface area contributed by atoms with Crippen molar-refractivity contribution in [2.24, 2.45) is 5.41 Å². The third kappa shape index (κ3) is 2.22. The molecule has 0 fully saturated rings. The molecule has 0 aliphatic heterocycles. The van der Waals surface area contributed by atoms with Gasteiger partial charge < -0.3 is 9.15 Å². The molecule has 0 aliphatic rings. The van der Waals surface area contributed by atoms with Crippen LogP contribution in [0, 0.1) is 5.41 Å². The van der Waals surface area contributed by atoms with Gasteiger partial charge in [0.2, 0.25) is 0 Å². The lowest BCUT2D eigenvalue weighted by atomic mass is 9.97. The Morgan fingerprint density at radius 3 is 2.71 bits per heavy atom. The van der Waals surface area contributed by atoms with Crippen LogP contribution >= 0.6 is 0 Å². The number of H-pyrrole nitrogens is 1. The van der Waals surface area contributed by atoms with Crippen molar-refractivity contribution < 1.29 is 13.9 Å². The molecule has 0 atom stereocenters. The number of rotatable bonds is 1. The molecule has 0 saturated heterocycles. The van der Waals surface area contributed by atoms with Crippen molar-refractivity contribution in [2.45, 2.75) is 20.8 Å². The van der Waals surface area contributed by atoms with Gasteiger partial charge in [0.15, 0.2) is 11.3 Å². The van der Waals surface area contributed by atoms with Crippen LogP contribution in [-0.2, 0) is 4.79 Å². The zero-order valence-electron chi connectivity index (χ0n) is 9.87. The quantitative estimate of drug-likeness (QED) is 0.606. The second-order valence-corrected chi connectivity index (χ2v) is 4.79. The zero-order valence-corrected chi connectivity index (χ0v) is 9.87. The number of nitrogens with one attached hydrogen (secondary N) is 1. The first kappa shape index (κ1) is 11.4. The maximum atomic E-state index is 11.7. The van der Waals surface area contributed by atoms with E-state index in [1.807, 2.05) is 0 Å². The molecule has 1 heterocycles. The number of aromatic amines is 1. The van der Waals surface area contributed by atoms with Crippen LogP contribution in [0.2, 0.25) is 0 Å². The molecule has 5 nitrogen and oxygen atoms in total. The van der Waals surface area contributed by atoms with Gasteiger partial charge >= 0.3 is 11.7 Å². The van der Waals surface area contributed by atoms with Gasteiger partial charge in [0, 0.05) is 0 Å². The number of fused-ring (bicyclic) bond motifs is 1. The lowest BCUT2D eigenvalue weighted by molar-refractivity contribution is -0.142. The number of aromatic nitrogens is 1. The largest absolute Gasteiger partial charge is 0.422 e. The van der Waals surface area contributed by atoms with E-state index in [1.165, 1.54) is 0 Å². The van der Waals surface area contributed by atoms with Crippen LogP contribution in [0.3, 0.4) is 0 Å². The number of para-hydroxylation sites is 1. The molecule has 2 rings (SSSR count). The fourth-order valence-electron chi connectivity index (χ4n) is 1.28. The minimum Gasteiger partial charge on any atom is -0.422 e. The van der Waals surface area contributed by atoms with Gasteiger partial charge in [0.1, 0.15) is 0 Å². The molecule has 1 N–H and O–H groups in total. The zero-order chi connectivity index (χ0) is 12.6. The normalized spacial score (nSPS) is 11.7. The smallest absolute Gasteiger partial charge is 0.417 e. The fourth-order valence-corrected chi connectivity index (χ4v) is 1.28. The minimum absolute atomic E-state index is 0.251. The Kier molecular flexibility index (Phi) is 2.53. The number of hydrogen-bond donors (Lipinski definition) is 1. The standard InChI is InChI=1S/C12H13NO4/c1-12(2,3)10(14)16-8-6-4-5-7-9(8)17-11(15)13-7/h4-6H,1-3H3,(H,13,15). The Hall–Kier alpha value is -2.04. The number of ether oxygens (including phenoxy) is 1. The summed E-state index contributed by atoms with van der Waals surface area (Å²) in [6.45, 7) is 5.26. The SMILES string of the molecule is CC(C)(C)C(=O)Oc1cccc2[nH]c(=O)oc12. The first-order valence-corrected chi connectivity index (χ1v) is 5.22. The first-order chi connectivity index (χ1) is 7.88. The van der Waals surface area contributed by atoms with Crippen LogP contribution in [-0.4, -0.2) is 11.0 Å².